The number of sulfonamides is 1. The van der Waals surface area contributed by atoms with E-state index in [1.165, 1.54) is 10.6 Å². The lowest BCUT2D eigenvalue weighted by Gasteiger charge is -2.38. The summed E-state index contributed by atoms with van der Waals surface area (Å²) in [5.74, 6) is 0. The summed E-state index contributed by atoms with van der Waals surface area (Å²) < 4.78 is 27.6. The minimum absolute atomic E-state index is 0.298. The van der Waals surface area contributed by atoms with Crippen molar-refractivity contribution in [1.29, 1.82) is 0 Å². The third-order valence-electron chi connectivity index (χ3n) is 5.46. The number of piperidine rings is 1. The topological polar surface area (TPSA) is 88.2 Å². The number of aromatic amines is 1. The standard InChI is InChI=1S/C19H20N6O2S/c1-3-28(26,27)25-10-6-19(7-11-25,13-20-2)24-9-5-15(12-24)17-16-4-8-21-18(16)23-14-22-17/h3-5,8-9,12,14H,1,6-7,10-11,13H2,(H,21,22,23). The van der Waals surface area contributed by atoms with Gasteiger partial charge in [0, 0.05) is 48.0 Å². The molecule has 0 spiro atoms. The number of hydrogen-bond acceptors (Lipinski definition) is 4. The van der Waals surface area contributed by atoms with Gasteiger partial charge < -0.3 is 14.4 Å². The molecule has 0 aliphatic carbocycles. The summed E-state index contributed by atoms with van der Waals surface area (Å²) in [6.07, 6.45) is 8.45. The Bertz CT molecular complexity index is 1160. The van der Waals surface area contributed by atoms with Crippen LogP contribution in [0.25, 0.3) is 27.1 Å². The van der Waals surface area contributed by atoms with E-state index < -0.39 is 15.6 Å². The van der Waals surface area contributed by atoms with E-state index in [-0.39, 0.29) is 0 Å². The van der Waals surface area contributed by atoms with E-state index in [4.69, 9.17) is 6.57 Å². The molecule has 9 heteroatoms. The number of H-pyrrole nitrogens is 1. The molecule has 0 radical (unpaired) electrons. The van der Waals surface area contributed by atoms with Gasteiger partial charge in [0.05, 0.1) is 5.69 Å². The molecule has 0 aromatic carbocycles. The zero-order chi connectivity index (χ0) is 19.8. The zero-order valence-corrected chi connectivity index (χ0v) is 16.1. The highest BCUT2D eigenvalue weighted by atomic mass is 32.2. The van der Waals surface area contributed by atoms with Crippen molar-refractivity contribution in [2.75, 3.05) is 19.6 Å². The van der Waals surface area contributed by atoms with E-state index in [1.54, 1.807) is 0 Å². The molecule has 3 aromatic rings. The Morgan fingerprint density at radius 3 is 2.82 bits per heavy atom. The molecule has 3 aromatic heterocycles. The Morgan fingerprint density at radius 2 is 2.11 bits per heavy atom. The molecule has 4 rings (SSSR count). The second-order valence-corrected chi connectivity index (χ2v) is 8.80. The average molecular weight is 396 g/mol. The van der Waals surface area contributed by atoms with Crippen LogP contribution in [0, 0.1) is 6.57 Å². The molecule has 144 valence electrons. The predicted molar refractivity (Wildman–Crippen MR) is 107 cm³/mol. The number of hydrogen-bond donors (Lipinski definition) is 1. The van der Waals surface area contributed by atoms with Crippen LogP contribution in [-0.4, -0.2) is 51.9 Å². The van der Waals surface area contributed by atoms with Gasteiger partial charge in [-0.15, -0.1) is 0 Å². The molecule has 1 fully saturated rings. The van der Waals surface area contributed by atoms with Crippen LogP contribution >= 0.6 is 0 Å². The highest BCUT2D eigenvalue weighted by Crippen LogP contribution is 2.35. The number of fused-ring (bicyclic) bond motifs is 1. The van der Waals surface area contributed by atoms with Gasteiger partial charge in [0.1, 0.15) is 17.5 Å². The van der Waals surface area contributed by atoms with Gasteiger partial charge >= 0.3 is 0 Å². The molecular formula is C19H20N6O2S. The summed E-state index contributed by atoms with van der Waals surface area (Å²) in [7, 11) is -3.43. The third kappa shape index (κ3) is 3.00. The van der Waals surface area contributed by atoms with Gasteiger partial charge in [-0.2, -0.15) is 4.31 Å². The fourth-order valence-electron chi connectivity index (χ4n) is 3.84. The number of nitrogens with one attached hydrogen (secondary N) is 1. The first-order chi connectivity index (χ1) is 13.5. The first-order valence-corrected chi connectivity index (χ1v) is 10.4. The molecule has 0 unspecified atom stereocenters. The van der Waals surface area contributed by atoms with E-state index in [9.17, 15) is 8.42 Å². The van der Waals surface area contributed by atoms with Crippen molar-refractivity contribution >= 4 is 21.1 Å². The van der Waals surface area contributed by atoms with Crippen molar-refractivity contribution in [2.24, 2.45) is 0 Å². The fraction of sp³-hybridized carbons (Fsp3) is 0.316. The second-order valence-electron chi connectivity index (χ2n) is 6.92. The highest BCUT2D eigenvalue weighted by molar-refractivity contribution is 7.92. The number of rotatable bonds is 5. The molecule has 0 atom stereocenters. The van der Waals surface area contributed by atoms with Gasteiger partial charge in [-0.25, -0.2) is 25.0 Å². The lowest BCUT2D eigenvalue weighted by molar-refractivity contribution is 0.176. The zero-order valence-electron chi connectivity index (χ0n) is 15.2. The van der Waals surface area contributed by atoms with Crippen molar-refractivity contribution in [1.82, 2.24) is 23.8 Å². The van der Waals surface area contributed by atoms with Crippen LogP contribution in [0.4, 0.5) is 0 Å². The van der Waals surface area contributed by atoms with Gasteiger partial charge in [0.25, 0.3) is 0 Å². The molecule has 1 saturated heterocycles. The highest BCUT2D eigenvalue weighted by Gasteiger charge is 2.41. The molecule has 1 aliphatic heterocycles. The maximum Gasteiger partial charge on any atom is 0.237 e. The lowest BCUT2D eigenvalue weighted by atomic mass is 9.88. The average Bonchev–Trinajstić information content (AvgIpc) is 3.38. The Kier molecular flexibility index (Phi) is 4.53. The third-order valence-corrected chi connectivity index (χ3v) is 6.97. The molecule has 28 heavy (non-hydrogen) atoms. The Morgan fingerprint density at radius 1 is 1.32 bits per heavy atom. The Hall–Kier alpha value is -2.96. The van der Waals surface area contributed by atoms with E-state index in [0.717, 1.165) is 27.7 Å². The Labute approximate surface area is 163 Å². The van der Waals surface area contributed by atoms with Gasteiger partial charge in [-0.3, -0.25) is 0 Å². The molecule has 1 N–H and O–H groups in total. The first kappa shape index (κ1) is 18.4. The SMILES string of the molecule is [C-]#[N+]CC1(n2ccc(-c3ncnc4[nH]ccc34)c2)CCN(S(=O)(=O)C=C)CC1. The predicted octanol–water partition coefficient (Wildman–Crippen LogP) is 2.61. The van der Waals surface area contributed by atoms with Crippen molar-refractivity contribution in [3.8, 4) is 11.3 Å². The van der Waals surface area contributed by atoms with Crippen LogP contribution in [-0.2, 0) is 15.6 Å². The first-order valence-electron chi connectivity index (χ1n) is 8.92. The second kappa shape index (κ2) is 6.89. The van der Waals surface area contributed by atoms with Crippen LogP contribution < -0.4 is 0 Å². The minimum Gasteiger partial charge on any atom is -0.346 e. The van der Waals surface area contributed by atoms with E-state index in [1.807, 2.05) is 30.7 Å². The molecule has 4 heterocycles. The van der Waals surface area contributed by atoms with Crippen LogP contribution in [0.1, 0.15) is 12.8 Å². The van der Waals surface area contributed by atoms with Gasteiger partial charge in [-0.1, -0.05) is 6.58 Å². The summed E-state index contributed by atoms with van der Waals surface area (Å²) in [5, 5.41) is 1.92. The van der Waals surface area contributed by atoms with Crippen molar-refractivity contribution < 1.29 is 8.42 Å². The summed E-state index contributed by atoms with van der Waals surface area (Å²) in [6, 6.07) is 3.92. The minimum atomic E-state index is -3.43. The largest absolute Gasteiger partial charge is 0.346 e. The van der Waals surface area contributed by atoms with Crippen LogP contribution in [0.15, 0.2) is 49.0 Å². The van der Waals surface area contributed by atoms with Gasteiger partial charge in [0.2, 0.25) is 16.6 Å². The summed E-state index contributed by atoms with van der Waals surface area (Å²) in [6.45, 7) is 11.9. The monoisotopic (exact) mass is 396 g/mol. The van der Waals surface area contributed by atoms with Crippen molar-refractivity contribution in [3.63, 3.8) is 0 Å². The van der Waals surface area contributed by atoms with Gasteiger partial charge in [0.15, 0.2) is 0 Å². The molecule has 0 amide bonds. The smallest absolute Gasteiger partial charge is 0.237 e. The molecule has 0 bridgehead atoms. The van der Waals surface area contributed by atoms with Crippen molar-refractivity contribution in [3.05, 3.63) is 60.5 Å². The van der Waals surface area contributed by atoms with Gasteiger partial charge in [-0.05, 0) is 25.0 Å². The van der Waals surface area contributed by atoms with E-state index in [2.05, 4.69) is 30.9 Å². The van der Waals surface area contributed by atoms with E-state index >= 15 is 0 Å². The molecule has 0 saturated carbocycles. The summed E-state index contributed by atoms with van der Waals surface area (Å²) >= 11 is 0. The molecular weight excluding hydrogens is 376 g/mol. The summed E-state index contributed by atoms with van der Waals surface area (Å²) in [4.78, 5) is 15.4. The van der Waals surface area contributed by atoms with Crippen molar-refractivity contribution in [2.45, 2.75) is 18.4 Å². The van der Waals surface area contributed by atoms with Crippen LogP contribution in [0.5, 0.6) is 0 Å². The van der Waals surface area contributed by atoms with Crippen LogP contribution in [0.3, 0.4) is 0 Å². The Balaban J connectivity index is 1.67. The summed E-state index contributed by atoms with van der Waals surface area (Å²) in [5.41, 5.74) is 2.11. The molecule has 1 aliphatic rings. The van der Waals surface area contributed by atoms with Crippen LogP contribution in [0.2, 0.25) is 0 Å². The number of nitrogens with zero attached hydrogens (tertiary/aromatic N) is 5. The quantitative estimate of drug-likeness (QED) is 0.672. The number of aromatic nitrogens is 4. The normalized spacial score (nSPS) is 17.4. The lowest BCUT2D eigenvalue weighted by Crippen LogP contribution is -2.48. The maximum absolute atomic E-state index is 12.1. The molecule has 8 nitrogen and oxygen atoms in total. The van der Waals surface area contributed by atoms with E-state index in [0.29, 0.717) is 32.5 Å². The maximum atomic E-state index is 12.1. The fourth-order valence-corrected chi connectivity index (χ4v) is 4.74.